The molecular formula is C11H16N2O2S. The van der Waals surface area contributed by atoms with E-state index in [9.17, 15) is 4.79 Å². The summed E-state index contributed by atoms with van der Waals surface area (Å²) in [5, 5.41) is 9.74. The second-order valence-corrected chi connectivity index (χ2v) is 4.35. The number of aliphatic hydroxyl groups excluding tert-OH is 1. The molecule has 0 aliphatic carbocycles. The van der Waals surface area contributed by atoms with Crippen LogP contribution in [0.2, 0.25) is 0 Å². The number of ketones is 1. The molecule has 0 saturated carbocycles. The molecule has 0 fully saturated rings. The van der Waals surface area contributed by atoms with E-state index in [0.717, 1.165) is 17.3 Å². The summed E-state index contributed by atoms with van der Waals surface area (Å²) in [6.07, 6.45) is 4.62. The molecule has 0 bridgehead atoms. The van der Waals surface area contributed by atoms with Crippen LogP contribution in [0.15, 0.2) is 24.0 Å². The van der Waals surface area contributed by atoms with Crippen molar-refractivity contribution in [1.82, 2.24) is 9.55 Å². The van der Waals surface area contributed by atoms with Gasteiger partial charge in [0, 0.05) is 13.5 Å². The first-order valence-electron chi connectivity index (χ1n) is 5.06. The summed E-state index contributed by atoms with van der Waals surface area (Å²) in [6, 6.07) is 0. The van der Waals surface area contributed by atoms with E-state index in [1.165, 1.54) is 11.8 Å². The fourth-order valence-electron chi connectivity index (χ4n) is 1.19. The van der Waals surface area contributed by atoms with Crippen LogP contribution < -0.4 is 0 Å². The van der Waals surface area contributed by atoms with E-state index < -0.39 is 0 Å². The molecule has 0 radical (unpaired) electrons. The Kier molecular flexibility index (Phi) is 5.28. The van der Waals surface area contributed by atoms with Gasteiger partial charge in [-0.05, 0) is 6.42 Å². The van der Waals surface area contributed by atoms with Crippen LogP contribution in [0, 0.1) is 0 Å². The number of Topliss-reactive ketones (excluding diaryl/α,β-unsaturated/α-hetero) is 1. The lowest BCUT2D eigenvalue weighted by atomic mass is 10.2. The van der Waals surface area contributed by atoms with Gasteiger partial charge >= 0.3 is 0 Å². The highest BCUT2D eigenvalue weighted by atomic mass is 32.2. The summed E-state index contributed by atoms with van der Waals surface area (Å²) in [5.41, 5.74) is 0.751. The average molecular weight is 240 g/mol. The number of hydrogen-bond acceptors (Lipinski definition) is 4. The molecule has 1 aromatic rings. The van der Waals surface area contributed by atoms with Crippen molar-refractivity contribution >= 4 is 17.5 Å². The minimum absolute atomic E-state index is 0.0333. The topological polar surface area (TPSA) is 55.1 Å². The molecule has 88 valence electrons. The van der Waals surface area contributed by atoms with E-state index in [2.05, 4.69) is 11.6 Å². The summed E-state index contributed by atoms with van der Waals surface area (Å²) in [6.45, 7) is 3.54. The van der Waals surface area contributed by atoms with E-state index in [4.69, 9.17) is 5.11 Å². The molecule has 1 N–H and O–H groups in total. The van der Waals surface area contributed by atoms with E-state index in [0.29, 0.717) is 12.2 Å². The van der Waals surface area contributed by atoms with Gasteiger partial charge in [-0.2, -0.15) is 0 Å². The maximum Gasteiger partial charge on any atom is 0.168 e. The van der Waals surface area contributed by atoms with Crippen molar-refractivity contribution in [3.05, 3.63) is 24.5 Å². The Morgan fingerprint density at radius 3 is 3.06 bits per heavy atom. The van der Waals surface area contributed by atoms with Gasteiger partial charge in [0.25, 0.3) is 0 Å². The number of rotatable bonds is 7. The molecule has 1 aromatic heterocycles. The Hall–Kier alpha value is -1.07. The zero-order valence-corrected chi connectivity index (χ0v) is 10.2. The summed E-state index contributed by atoms with van der Waals surface area (Å²) in [5.74, 6) is 0.613. The van der Waals surface area contributed by atoms with Gasteiger partial charge in [-0.15, -0.1) is 6.58 Å². The Morgan fingerprint density at radius 1 is 1.75 bits per heavy atom. The van der Waals surface area contributed by atoms with Crippen LogP contribution >= 0.6 is 11.8 Å². The molecule has 1 rings (SSSR count). The van der Waals surface area contributed by atoms with Crippen LogP contribution in [0.3, 0.4) is 0 Å². The highest BCUT2D eigenvalue weighted by Crippen LogP contribution is 2.17. The molecule has 1 heterocycles. The van der Waals surface area contributed by atoms with Crippen molar-refractivity contribution in [2.75, 3.05) is 5.75 Å². The largest absolute Gasteiger partial charge is 0.390 e. The smallest absolute Gasteiger partial charge is 0.168 e. The number of carbonyl (C=O) groups is 1. The Labute approximate surface area is 99.4 Å². The molecule has 0 aromatic carbocycles. The summed E-state index contributed by atoms with van der Waals surface area (Å²) in [7, 11) is 1.83. The first-order chi connectivity index (χ1) is 7.69. The highest BCUT2D eigenvalue weighted by Gasteiger charge is 2.08. The third-order valence-corrected chi connectivity index (χ3v) is 3.30. The summed E-state index contributed by atoms with van der Waals surface area (Å²) in [4.78, 5) is 15.5. The van der Waals surface area contributed by atoms with Crippen LogP contribution in [0.5, 0.6) is 0 Å². The number of thioether (sulfide) groups is 1. The Morgan fingerprint density at radius 2 is 2.50 bits per heavy atom. The van der Waals surface area contributed by atoms with E-state index in [-0.39, 0.29) is 12.4 Å². The summed E-state index contributed by atoms with van der Waals surface area (Å²) < 4.78 is 1.80. The van der Waals surface area contributed by atoms with Crippen LogP contribution in [0.4, 0.5) is 0 Å². The third kappa shape index (κ3) is 3.50. The van der Waals surface area contributed by atoms with E-state index in [1.807, 2.05) is 7.05 Å². The number of carbonyl (C=O) groups excluding carboxylic acids is 1. The van der Waals surface area contributed by atoms with Crippen molar-refractivity contribution in [3.63, 3.8) is 0 Å². The molecule has 0 unspecified atom stereocenters. The predicted octanol–water partition coefficient (Wildman–Crippen LogP) is 1.54. The first-order valence-corrected chi connectivity index (χ1v) is 6.04. The number of hydrogen-bond donors (Lipinski definition) is 1. The van der Waals surface area contributed by atoms with Gasteiger partial charge in [0.15, 0.2) is 5.16 Å². The molecule has 0 amide bonds. The third-order valence-electron chi connectivity index (χ3n) is 2.19. The van der Waals surface area contributed by atoms with Gasteiger partial charge in [0.2, 0.25) is 0 Å². The molecule has 16 heavy (non-hydrogen) atoms. The Balaban J connectivity index is 2.45. The highest BCUT2D eigenvalue weighted by molar-refractivity contribution is 7.99. The fraction of sp³-hybridized carbons (Fsp3) is 0.455. The number of aliphatic hydroxyl groups is 1. The molecule has 0 saturated heterocycles. The van der Waals surface area contributed by atoms with Crippen molar-refractivity contribution in [1.29, 1.82) is 0 Å². The van der Waals surface area contributed by atoms with Crippen LogP contribution in [-0.2, 0) is 18.4 Å². The van der Waals surface area contributed by atoms with Crippen LogP contribution in [0.1, 0.15) is 18.5 Å². The quantitative estimate of drug-likeness (QED) is 0.580. The first kappa shape index (κ1) is 13.0. The predicted molar refractivity (Wildman–Crippen MR) is 64.3 cm³/mol. The number of allylic oxidation sites excluding steroid dienone is 1. The van der Waals surface area contributed by atoms with Crippen LogP contribution in [-0.4, -0.2) is 26.2 Å². The van der Waals surface area contributed by atoms with Gasteiger partial charge in [-0.25, -0.2) is 4.98 Å². The lowest BCUT2D eigenvalue weighted by molar-refractivity contribution is -0.116. The molecule has 0 atom stereocenters. The molecular weight excluding hydrogens is 224 g/mol. The minimum Gasteiger partial charge on any atom is -0.390 e. The zero-order chi connectivity index (χ0) is 12.0. The Bertz CT molecular complexity index is 374. The summed E-state index contributed by atoms with van der Waals surface area (Å²) >= 11 is 1.40. The molecule has 0 spiro atoms. The zero-order valence-electron chi connectivity index (χ0n) is 9.35. The maximum atomic E-state index is 11.4. The van der Waals surface area contributed by atoms with Crippen molar-refractivity contribution < 1.29 is 9.90 Å². The number of aromatic nitrogens is 2. The van der Waals surface area contributed by atoms with Gasteiger partial charge < -0.3 is 9.67 Å². The minimum atomic E-state index is -0.0333. The fourth-order valence-corrected chi connectivity index (χ4v) is 2.06. The SMILES string of the molecule is C=CCCC(=O)CSc1ncc(CO)n1C. The number of nitrogens with zero attached hydrogens (tertiary/aromatic N) is 2. The van der Waals surface area contributed by atoms with Gasteiger partial charge in [-0.3, -0.25) is 4.79 Å². The van der Waals surface area contributed by atoms with Gasteiger partial charge in [0.05, 0.1) is 24.3 Å². The second kappa shape index (κ2) is 6.50. The molecule has 5 heteroatoms. The van der Waals surface area contributed by atoms with Crippen molar-refractivity contribution in [2.24, 2.45) is 7.05 Å². The lowest BCUT2D eigenvalue weighted by Gasteiger charge is -2.02. The molecule has 4 nitrogen and oxygen atoms in total. The van der Waals surface area contributed by atoms with Crippen molar-refractivity contribution in [2.45, 2.75) is 24.6 Å². The molecule has 0 aliphatic heterocycles. The van der Waals surface area contributed by atoms with Gasteiger partial charge in [-0.1, -0.05) is 17.8 Å². The molecule has 0 aliphatic rings. The normalized spacial score (nSPS) is 10.4. The van der Waals surface area contributed by atoms with E-state index in [1.54, 1.807) is 16.8 Å². The lowest BCUT2D eigenvalue weighted by Crippen LogP contribution is -2.03. The monoisotopic (exact) mass is 240 g/mol. The van der Waals surface area contributed by atoms with Gasteiger partial charge in [0.1, 0.15) is 5.78 Å². The maximum absolute atomic E-state index is 11.4. The number of imidazole rings is 1. The standard InChI is InChI=1S/C11H16N2O2S/c1-3-4-5-10(15)8-16-11-12-6-9(7-14)13(11)2/h3,6,14H,1,4-5,7-8H2,2H3. The van der Waals surface area contributed by atoms with Crippen molar-refractivity contribution in [3.8, 4) is 0 Å². The average Bonchev–Trinajstić information content (AvgIpc) is 2.64. The van der Waals surface area contributed by atoms with Crippen LogP contribution in [0.25, 0.3) is 0 Å². The van der Waals surface area contributed by atoms with E-state index >= 15 is 0 Å². The second-order valence-electron chi connectivity index (χ2n) is 3.40.